The summed E-state index contributed by atoms with van der Waals surface area (Å²) in [6.45, 7) is 0. The highest BCUT2D eigenvalue weighted by molar-refractivity contribution is 5.68. The van der Waals surface area contributed by atoms with Gasteiger partial charge in [0.15, 0.2) is 0 Å². The minimum Gasteiger partial charge on any atom is -0.373 e. The fourth-order valence-corrected chi connectivity index (χ4v) is 1.74. The van der Waals surface area contributed by atoms with Crippen LogP contribution in [0.1, 0.15) is 5.56 Å². The molecular weight excluding hydrogens is 240 g/mol. The van der Waals surface area contributed by atoms with Gasteiger partial charge in [0.1, 0.15) is 17.7 Å². The summed E-state index contributed by atoms with van der Waals surface area (Å²) >= 11 is 0. The van der Waals surface area contributed by atoms with Crippen molar-refractivity contribution >= 4 is 23.3 Å². The summed E-state index contributed by atoms with van der Waals surface area (Å²) in [7, 11) is 3.59. The zero-order chi connectivity index (χ0) is 13.8. The predicted molar refractivity (Wildman–Crippen MR) is 75.2 cm³/mol. The van der Waals surface area contributed by atoms with Crippen molar-refractivity contribution in [1.82, 2.24) is 9.97 Å². The van der Waals surface area contributed by atoms with Gasteiger partial charge in [-0.3, -0.25) is 0 Å². The van der Waals surface area contributed by atoms with Crippen molar-refractivity contribution in [3.63, 3.8) is 0 Å². The molecule has 2 aromatic rings. The van der Waals surface area contributed by atoms with Gasteiger partial charge in [0.2, 0.25) is 5.95 Å². The minimum absolute atomic E-state index is 0.183. The number of hydrogen-bond acceptors (Lipinski definition) is 6. The molecule has 0 atom stereocenters. The summed E-state index contributed by atoms with van der Waals surface area (Å²) in [6.07, 6.45) is 0. The third-order valence-electron chi connectivity index (χ3n) is 2.72. The molecule has 6 nitrogen and oxygen atoms in total. The van der Waals surface area contributed by atoms with Crippen molar-refractivity contribution in [2.75, 3.05) is 30.0 Å². The highest BCUT2D eigenvalue weighted by Gasteiger charge is 2.11. The number of aromatic nitrogens is 2. The standard InChI is InChI=1S/C13H14N6/c1-16-11-7-12(18-13(15)17-11)19(2)10-6-4-3-5-9(10)8-14/h3-7H,1-2H3,(H3,15,16,17,18). The summed E-state index contributed by atoms with van der Waals surface area (Å²) in [4.78, 5) is 10.0. The average Bonchev–Trinajstić information content (AvgIpc) is 2.45. The average molecular weight is 254 g/mol. The molecule has 96 valence electrons. The Morgan fingerprint density at radius 3 is 2.74 bits per heavy atom. The van der Waals surface area contributed by atoms with Gasteiger partial charge in [-0.05, 0) is 12.1 Å². The van der Waals surface area contributed by atoms with E-state index in [0.717, 1.165) is 5.69 Å². The first kappa shape index (κ1) is 12.6. The molecule has 1 aromatic carbocycles. The monoisotopic (exact) mass is 254 g/mol. The maximum atomic E-state index is 9.12. The normalized spacial score (nSPS) is 9.74. The van der Waals surface area contributed by atoms with Gasteiger partial charge in [0.25, 0.3) is 0 Å². The highest BCUT2D eigenvalue weighted by Crippen LogP contribution is 2.26. The molecule has 0 spiro atoms. The van der Waals surface area contributed by atoms with Gasteiger partial charge in [0.05, 0.1) is 11.3 Å². The Balaban J connectivity index is 2.47. The molecule has 0 aliphatic heterocycles. The molecule has 0 aliphatic rings. The van der Waals surface area contributed by atoms with Gasteiger partial charge < -0.3 is 16.0 Å². The van der Waals surface area contributed by atoms with Crippen LogP contribution in [0.25, 0.3) is 0 Å². The fourth-order valence-electron chi connectivity index (χ4n) is 1.74. The zero-order valence-corrected chi connectivity index (χ0v) is 10.8. The van der Waals surface area contributed by atoms with Crippen LogP contribution in [0.2, 0.25) is 0 Å². The first-order valence-electron chi connectivity index (χ1n) is 5.71. The lowest BCUT2D eigenvalue weighted by Gasteiger charge is -2.20. The minimum atomic E-state index is 0.183. The second-order valence-electron chi connectivity index (χ2n) is 3.91. The van der Waals surface area contributed by atoms with Crippen LogP contribution in [0.4, 0.5) is 23.3 Å². The predicted octanol–water partition coefficient (Wildman–Crippen LogP) is 1.74. The molecule has 0 unspecified atom stereocenters. The van der Waals surface area contributed by atoms with E-state index < -0.39 is 0 Å². The lowest BCUT2D eigenvalue weighted by Crippen LogP contribution is -2.14. The summed E-state index contributed by atoms with van der Waals surface area (Å²) in [6, 6.07) is 11.2. The van der Waals surface area contributed by atoms with Crippen molar-refractivity contribution in [2.45, 2.75) is 0 Å². The third kappa shape index (κ3) is 2.55. The summed E-state index contributed by atoms with van der Waals surface area (Å²) in [5, 5.41) is 12.0. The first-order chi connectivity index (χ1) is 9.15. The maximum Gasteiger partial charge on any atom is 0.223 e. The van der Waals surface area contributed by atoms with E-state index in [4.69, 9.17) is 11.0 Å². The number of hydrogen-bond donors (Lipinski definition) is 2. The topological polar surface area (TPSA) is 90.9 Å². The molecule has 1 heterocycles. The van der Waals surface area contributed by atoms with Crippen molar-refractivity contribution in [3.8, 4) is 6.07 Å². The van der Waals surface area contributed by atoms with Gasteiger partial charge >= 0.3 is 0 Å². The number of nitrogens with two attached hydrogens (primary N) is 1. The third-order valence-corrected chi connectivity index (χ3v) is 2.72. The number of nitrogens with one attached hydrogen (secondary N) is 1. The van der Waals surface area contributed by atoms with E-state index in [2.05, 4.69) is 21.4 Å². The molecule has 0 amide bonds. The Bertz CT molecular complexity index is 631. The molecule has 2 rings (SSSR count). The van der Waals surface area contributed by atoms with Crippen molar-refractivity contribution in [2.24, 2.45) is 0 Å². The van der Waals surface area contributed by atoms with E-state index in [1.165, 1.54) is 0 Å². The van der Waals surface area contributed by atoms with Crippen LogP contribution in [0.15, 0.2) is 30.3 Å². The van der Waals surface area contributed by atoms with Crippen LogP contribution < -0.4 is 16.0 Å². The Kier molecular flexibility index (Phi) is 3.48. The van der Waals surface area contributed by atoms with Crippen molar-refractivity contribution < 1.29 is 0 Å². The number of benzene rings is 1. The van der Waals surface area contributed by atoms with Crippen LogP contribution in [0, 0.1) is 11.3 Å². The second kappa shape index (κ2) is 5.23. The van der Waals surface area contributed by atoms with Gasteiger partial charge in [-0.1, -0.05) is 12.1 Å². The molecular formula is C13H14N6. The van der Waals surface area contributed by atoms with Crippen LogP contribution in [-0.2, 0) is 0 Å². The molecule has 3 N–H and O–H groups in total. The van der Waals surface area contributed by atoms with E-state index in [9.17, 15) is 0 Å². The van der Waals surface area contributed by atoms with E-state index in [1.54, 1.807) is 24.1 Å². The fraction of sp³-hybridized carbons (Fsp3) is 0.154. The number of para-hydroxylation sites is 1. The van der Waals surface area contributed by atoms with Gasteiger partial charge in [-0.2, -0.15) is 15.2 Å². The molecule has 1 aromatic heterocycles. The van der Waals surface area contributed by atoms with Crippen molar-refractivity contribution in [1.29, 1.82) is 5.26 Å². The summed E-state index contributed by atoms with van der Waals surface area (Å²) in [5.74, 6) is 1.44. The second-order valence-corrected chi connectivity index (χ2v) is 3.91. The SMILES string of the molecule is CNc1cc(N(C)c2ccccc2C#N)nc(N)n1. The zero-order valence-electron chi connectivity index (χ0n) is 10.8. The number of rotatable bonds is 3. The Hall–Kier alpha value is -2.81. The Morgan fingerprint density at radius 2 is 2.05 bits per heavy atom. The Labute approximate surface area is 111 Å². The highest BCUT2D eigenvalue weighted by atomic mass is 15.2. The largest absolute Gasteiger partial charge is 0.373 e. The van der Waals surface area contributed by atoms with Gasteiger partial charge in [-0.15, -0.1) is 0 Å². The lowest BCUT2D eigenvalue weighted by molar-refractivity contribution is 1.09. The van der Waals surface area contributed by atoms with E-state index in [1.807, 2.05) is 25.2 Å². The first-order valence-corrected chi connectivity index (χ1v) is 5.71. The smallest absolute Gasteiger partial charge is 0.223 e. The van der Waals surface area contributed by atoms with E-state index >= 15 is 0 Å². The number of nitriles is 1. The summed E-state index contributed by atoms with van der Waals surface area (Å²) < 4.78 is 0. The number of anilines is 4. The number of nitrogen functional groups attached to an aromatic ring is 1. The molecule has 6 heteroatoms. The lowest BCUT2D eigenvalue weighted by atomic mass is 10.2. The molecule has 0 saturated carbocycles. The molecule has 0 aliphatic carbocycles. The Morgan fingerprint density at radius 1 is 1.32 bits per heavy atom. The molecule has 0 radical (unpaired) electrons. The maximum absolute atomic E-state index is 9.12. The number of nitrogens with zero attached hydrogens (tertiary/aromatic N) is 4. The molecule has 0 bridgehead atoms. The van der Waals surface area contributed by atoms with Crippen molar-refractivity contribution in [3.05, 3.63) is 35.9 Å². The molecule has 0 saturated heterocycles. The molecule has 19 heavy (non-hydrogen) atoms. The van der Waals surface area contributed by atoms with Crippen LogP contribution >= 0.6 is 0 Å². The van der Waals surface area contributed by atoms with Crippen LogP contribution in [-0.4, -0.2) is 24.1 Å². The van der Waals surface area contributed by atoms with Gasteiger partial charge in [-0.25, -0.2) is 0 Å². The van der Waals surface area contributed by atoms with Crippen LogP contribution in [0.3, 0.4) is 0 Å². The van der Waals surface area contributed by atoms with E-state index in [-0.39, 0.29) is 5.95 Å². The van der Waals surface area contributed by atoms with E-state index in [0.29, 0.717) is 17.2 Å². The van der Waals surface area contributed by atoms with Gasteiger partial charge in [0, 0.05) is 20.2 Å². The summed E-state index contributed by atoms with van der Waals surface area (Å²) in [5.41, 5.74) is 7.01. The molecule has 0 fully saturated rings. The quantitative estimate of drug-likeness (QED) is 0.867. The van der Waals surface area contributed by atoms with Crippen LogP contribution in [0.5, 0.6) is 0 Å².